The third-order valence-corrected chi connectivity index (χ3v) is 3.43. The van der Waals surface area contributed by atoms with Gasteiger partial charge in [-0.2, -0.15) is 18.3 Å². The number of hydrazone groups is 1. The number of nitrogens with zero attached hydrogens (tertiary/aromatic N) is 1. The van der Waals surface area contributed by atoms with Crippen molar-refractivity contribution < 1.29 is 27.2 Å². The smallest absolute Gasteiger partial charge is 0.326 e. The fraction of sp³-hybridized carbons (Fsp3) is 0.167. The summed E-state index contributed by atoms with van der Waals surface area (Å²) in [7, 11) is 0. The Kier molecular flexibility index (Phi) is 6.27. The molecule has 0 aliphatic carbocycles. The van der Waals surface area contributed by atoms with Crippen LogP contribution < -0.4 is 10.7 Å². The Bertz CT molecular complexity index is 879. The molecule has 0 aliphatic heterocycles. The van der Waals surface area contributed by atoms with Crippen LogP contribution in [0.1, 0.15) is 34.8 Å². The number of benzene rings is 2. The molecule has 0 bridgehead atoms. The fourth-order valence-electron chi connectivity index (χ4n) is 2.08. The quantitative estimate of drug-likeness (QED) is 0.468. The van der Waals surface area contributed by atoms with Crippen LogP contribution in [0.4, 0.5) is 23.2 Å². The van der Waals surface area contributed by atoms with Crippen LogP contribution in [0.2, 0.25) is 0 Å². The summed E-state index contributed by atoms with van der Waals surface area (Å²) in [5.74, 6) is -2.39. The monoisotopic (exact) mass is 381 g/mol. The van der Waals surface area contributed by atoms with Gasteiger partial charge >= 0.3 is 6.18 Å². The van der Waals surface area contributed by atoms with E-state index in [2.05, 4.69) is 15.8 Å². The Morgan fingerprint density at radius 1 is 1.15 bits per heavy atom. The minimum atomic E-state index is -4.83. The maximum Gasteiger partial charge on any atom is 0.419 e. The average Bonchev–Trinajstić information content (AvgIpc) is 2.62. The van der Waals surface area contributed by atoms with Crippen molar-refractivity contribution in [3.05, 3.63) is 65.0 Å². The molecule has 5 nitrogen and oxygen atoms in total. The minimum Gasteiger partial charge on any atom is -0.326 e. The second-order valence-electron chi connectivity index (χ2n) is 5.39. The van der Waals surface area contributed by atoms with Crippen LogP contribution in [-0.2, 0) is 11.0 Å². The van der Waals surface area contributed by atoms with Gasteiger partial charge in [0, 0.05) is 23.2 Å². The summed E-state index contributed by atoms with van der Waals surface area (Å²) in [6.45, 7) is 1.67. The van der Waals surface area contributed by atoms with Gasteiger partial charge in [-0.25, -0.2) is 9.82 Å². The molecule has 0 aromatic heterocycles. The highest BCUT2D eigenvalue weighted by Crippen LogP contribution is 2.31. The number of nitrogens with one attached hydrogen (secondary N) is 2. The molecule has 0 saturated heterocycles. The van der Waals surface area contributed by atoms with Gasteiger partial charge in [-0.05, 0) is 24.3 Å². The van der Waals surface area contributed by atoms with Crippen LogP contribution in [0.5, 0.6) is 0 Å². The molecular formula is C18H15F4N3O2. The molecule has 2 N–H and O–H groups in total. The lowest BCUT2D eigenvalue weighted by molar-refractivity contribution is -0.140. The number of amides is 2. The van der Waals surface area contributed by atoms with Crippen LogP contribution in [0.15, 0.2) is 47.6 Å². The summed E-state index contributed by atoms with van der Waals surface area (Å²) in [5, 5.41) is 6.07. The Balaban J connectivity index is 2.10. The second kappa shape index (κ2) is 8.43. The van der Waals surface area contributed by atoms with Gasteiger partial charge in [0.1, 0.15) is 5.82 Å². The SMILES string of the molecule is CCC(=O)Nc1cccc(C(=O)N/N=C/c2cccc(C(F)(F)F)c2F)c1. The number of anilines is 1. The van der Waals surface area contributed by atoms with Crippen molar-refractivity contribution in [1.82, 2.24) is 5.43 Å². The van der Waals surface area contributed by atoms with Crippen LogP contribution in [0.25, 0.3) is 0 Å². The maximum absolute atomic E-state index is 13.9. The van der Waals surface area contributed by atoms with Gasteiger partial charge in [-0.1, -0.05) is 25.1 Å². The van der Waals surface area contributed by atoms with Gasteiger partial charge in [0.15, 0.2) is 0 Å². The van der Waals surface area contributed by atoms with Crippen molar-refractivity contribution in [2.45, 2.75) is 19.5 Å². The van der Waals surface area contributed by atoms with E-state index in [4.69, 9.17) is 0 Å². The molecule has 0 saturated carbocycles. The Morgan fingerprint density at radius 2 is 1.85 bits per heavy atom. The zero-order valence-corrected chi connectivity index (χ0v) is 14.1. The second-order valence-corrected chi connectivity index (χ2v) is 5.39. The van der Waals surface area contributed by atoms with Crippen molar-refractivity contribution in [1.29, 1.82) is 0 Å². The fourth-order valence-corrected chi connectivity index (χ4v) is 2.08. The van der Waals surface area contributed by atoms with Crippen LogP contribution in [0, 0.1) is 5.82 Å². The van der Waals surface area contributed by atoms with Crippen molar-refractivity contribution >= 4 is 23.7 Å². The van der Waals surface area contributed by atoms with E-state index in [-0.39, 0.29) is 17.9 Å². The summed E-state index contributed by atoms with van der Waals surface area (Å²) in [6, 6.07) is 8.74. The molecule has 142 valence electrons. The summed E-state index contributed by atoms with van der Waals surface area (Å²) in [5.41, 5.74) is 0.819. The lowest BCUT2D eigenvalue weighted by Crippen LogP contribution is -2.18. The van der Waals surface area contributed by atoms with Crippen molar-refractivity contribution in [2.75, 3.05) is 5.32 Å². The van der Waals surface area contributed by atoms with Crippen LogP contribution in [-0.4, -0.2) is 18.0 Å². The zero-order chi connectivity index (χ0) is 20.0. The Labute approximate surface area is 152 Å². The first-order chi connectivity index (χ1) is 12.7. The lowest BCUT2D eigenvalue weighted by atomic mass is 10.1. The van der Waals surface area contributed by atoms with E-state index >= 15 is 0 Å². The Morgan fingerprint density at radius 3 is 2.52 bits per heavy atom. The number of hydrogen-bond donors (Lipinski definition) is 2. The van der Waals surface area contributed by atoms with E-state index in [1.54, 1.807) is 13.0 Å². The van der Waals surface area contributed by atoms with Gasteiger partial charge in [0.2, 0.25) is 5.91 Å². The highest BCUT2D eigenvalue weighted by molar-refractivity contribution is 5.97. The largest absolute Gasteiger partial charge is 0.419 e. The van der Waals surface area contributed by atoms with Gasteiger partial charge in [0.25, 0.3) is 5.91 Å². The molecule has 2 amide bonds. The van der Waals surface area contributed by atoms with Crippen LogP contribution >= 0.6 is 0 Å². The molecule has 2 aromatic rings. The normalized spacial score (nSPS) is 11.4. The standard InChI is InChI=1S/C18H15F4N3O2/c1-2-15(26)24-13-7-3-5-11(9-13)17(27)25-23-10-12-6-4-8-14(16(12)19)18(20,21)22/h3-10H,2H2,1H3,(H,24,26)(H,25,27)/b23-10+. The van der Waals surface area contributed by atoms with E-state index in [1.807, 2.05) is 0 Å². The van der Waals surface area contributed by atoms with Crippen molar-refractivity contribution in [3.63, 3.8) is 0 Å². The number of carbonyl (C=O) groups excluding carboxylic acids is 2. The molecule has 9 heteroatoms. The lowest BCUT2D eigenvalue weighted by Gasteiger charge is -2.09. The number of halogens is 4. The van der Waals surface area contributed by atoms with Gasteiger partial charge in [0.05, 0.1) is 11.8 Å². The highest BCUT2D eigenvalue weighted by Gasteiger charge is 2.34. The summed E-state index contributed by atoms with van der Waals surface area (Å²) < 4.78 is 51.9. The van der Waals surface area contributed by atoms with E-state index in [9.17, 15) is 27.2 Å². The molecule has 2 rings (SSSR count). The summed E-state index contributed by atoms with van der Waals surface area (Å²) in [4.78, 5) is 23.4. The number of carbonyl (C=O) groups is 2. The zero-order valence-electron chi connectivity index (χ0n) is 14.1. The molecule has 0 heterocycles. The molecule has 27 heavy (non-hydrogen) atoms. The first kappa shape index (κ1) is 20.1. The van der Waals surface area contributed by atoms with E-state index in [0.29, 0.717) is 11.8 Å². The third kappa shape index (κ3) is 5.37. The van der Waals surface area contributed by atoms with Crippen molar-refractivity contribution in [2.24, 2.45) is 5.10 Å². The highest BCUT2D eigenvalue weighted by atomic mass is 19.4. The predicted molar refractivity (Wildman–Crippen MR) is 91.8 cm³/mol. The van der Waals surface area contributed by atoms with Crippen LogP contribution in [0.3, 0.4) is 0 Å². The van der Waals surface area contributed by atoms with Gasteiger partial charge in [-0.15, -0.1) is 0 Å². The number of rotatable bonds is 5. The maximum atomic E-state index is 13.9. The summed E-state index contributed by atoms with van der Waals surface area (Å²) >= 11 is 0. The molecular weight excluding hydrogens is 366 g/mol. The number of alkyl halides is 3. The molecule has 0 aliphatic rings. The molecule has 2 aromatic carbocycles. The van der Waals surface area contributed by atoms with E-state index < -0.39 is 29.0 Å². The van der Waals surface area contributed by atoms with E-state index in [1.165, 1.54) is 18.2 Å². The molecule has 0 unspecified atom stereocenters. The number of hydrogen-bond acceptors (Lipinski definition) is 3. The predicted octanol–water partition coefficient (Wildman–Crippen LogP) is 3.96. The minimum absolute atomic E-state index is 0.158. The molecule has 0 atom stereocenters. The van der Waals surface area contributed by atoms with Crippen molar-refractivity contribution in [3.8, 4) is 0 Å². The topological polar surface area (TPSA) is 70.6 Å². The third-order valence-electron chi connectivity index (χ3n) is 3.43. The van der Waals surface area contributed by atoms with Gasteiger partial charge < -0.3 is 5.32 Å². The molecule has 0 radical (unpaired) electrons. The molecule has 0 spiro atoms. The first-order valence-corrected chi connectivity index (χ1v) is 7.81. The van der Waals surface area contributed by atoms with E-state index in [0.717, 1.165) is 18.3 Å². The Hall–Kier alpha value is -3.23. The summed E-state index contributed by atoms with van der Waals surface area (Å²) in [6.07, 6.45) is -3.78. The van der Waals surface area contributed by atoms with Gasteiger partial charge in [-0.3, -0.25) is 9.59 Å². The first-order valence-electron chi connectivity index (χ1n) is 7.81. The average molecular weight is 381 g/mol. The molecule has 0 fully saturated rings.